The molecule has 21 heavy (non-hydrogen) atoms. The van der Waals surface area contributed by atoms with Gasteiger partial charge in [-0.15, -0.1) is 0 Å². The standard InChI is InChI=1S/C21H24/c1-2-7-19-14-16(15-20(19)8-3-1)10-11-18-13-12-17-6-4-5-9-21(17)18/h4-6,9,12-16,18H,1-3,7-8,10-11H2. The van der Waals surface area contributed by atoms with Crippen molar-refractivity contribution in [2.45, 2.75) is 50.9 Å². The molecule has 0 radical (unpaired) electrons. The molecule has 0 aromatic heterocycles. The summed E-state index contributed by atoms with van der Waals surface area (Å²) in [6, 6.07) is 8.86. The van der Waals surface area contributed by atoms with Crippen molar-refractivity contribution in [1.82, 2.24) is 0 Å². The van der Waals surface area contributed by atoms with E-state index in [1.165, 1.54) is 56.1 Å². The highest BCUT2D eigenvalue weighted by atomic mass is 14.3. The lowest BCUT2D eigenvalue weighted by atomic mass is 9.92. The topological polar surface area (TPSA) is 0 Å². The number of rotatable bonds is 3. The van der Waals surface area contributed by atoms with Crippen LogP contribution in [0.5, 0.6) is 0 Å². The van der Waals surface area contributed by atoms with Gasteiger partial charge in [-0.05, 0) is 66.7 Å². The van der Waals surface area contributed by atoms with Gasteiger partial charge < -0.3 is 0 Å². The van der Waals surface area contributed by atoms with Crippen molar-refractivity contribution in [1.29, 1.82) is 0 Å². The number of benzene rings is 1. The number of fused-ring (bicyclic) bond motifs is 2. The predicted octanol–water partition coefficient (Wildman–Crippen LogP) is 6.02. The molecule has 0 nitrogen and oxygen atoms in total. The van der Waals surface area contributed by atoms with Crippen LogP contribution >= 0.6 is 0 Å². The summed E-state index contributed by atoms with van der Waals surface area (Å²) in [4.78, 5) is 0. The first kappa shape index (κ1) is 13.1. The molecule has 0 amide bonds. The zero-order valence-corrected chi connectivity index (χ0v) is 12.7. The Morgan fingerprint density at radius 3 is 2.43 bits per heavy atom. The van der Waals surface area contributed by atoms with E-state index in [2.05, 4.69) is 48.6 Å². The van der Waals surface area contributed by atoms with Gasteiger partial charge in [-0.3, -0.25) is 0 Å². The molecular weight excluding hydrogens is 252 g/mol. The van der Waals surface area contributed by atoms with Gasteiger partial charge in [0.15, 0.2) is 0 Å². The smallest absolute Gasteiger partial charge is 0.00275 e. The van der Waals surface area contributed by atoms with Crippen LogP contribution in [0.2, 0.25) is 0 Å². The highest BCUT2D eigenvalue weighted by Gasteiger charge is 2.21. The fourth-order valence-electron chi connectivity index (χ4n) is 4.19. The van der Waals surface area contributed by atoms with Gasteiger partial charge in [-0.25, -0.2) is 0 Å². The third-order valence-corrected chi connectivity index (χ3v) is 5.35. The minimum Gasteiger partial charge on any atom is -0.0764 e. The maximum atomic E-state index is 2.57. The van der Waals surface area contributed by atoms with Gasteiger partial charge >= 0.3 is 0 Å². The quantitative estimate of drug-likeness (QED) is 0.633. The fourth-order valence-corrected chi connectivity index (χ4v) is 4.19. The van der Waals surface area contributed by atoms with Crippen molar-refractivity contribution < 1.29 is 0 Å². The first-order chi connectivity index (χ1) is 10.4. The first-order valence-electron chi connectivity index (χ1n) is 8.59. The van der Waals surface area contributed by atoms with E-state index in [1.54, 1.807) is 11.1 Å². The Hall–Kier alpha value is -1.56. The van der Waals surface area contributed by atoms with Crippen LogP contribution in [0.1, 0.15) is 62.0 Å². The zero-order valence-electron chi connectivity index (χ0n) is 12.7. The molecule has 0 saturated heterocycles. The van der Waals surface area contributed by atoms with E-state index in [0.29, 0.717) is 11.8 Å². The molecule has 0 heterocycles. The average molecular weight is 276 g/mol. The summed E-state index contributed by atoms with van der Waals surface area (Å²) in [5.74, 6) is 1.35. The van der Waals surface area contributed by atoms with E-state index >= 15 is 0 Å². The lowest BCUT2D eigenvalue weighted by Gasteiger charge is -2.12. The van der Waals surface area contributed by atoms with Crippen LogP contribution in [0.3, 0.4) is 0 Å². The van der Waals surface area contributed by atoms with Gasteiger partial charge in [0.25, 0.3) is 0 Å². The molecule has 0 N–H and O–H groups in total. The zero-order chi connectivity index (χ0) is 14.1. The van der Waals surface area contributed by atoms with Gasteiger partial charge in [0.1, 0.15) is 0 Å². The van der Waals surface area contributed by atoms with Gasteiger partial charge in [0.05, 0.1) is 0 Å². The number of hydrogen-bond donors (Lipinski definition) is 0. The van der Waals surface area contributed by atoms with Gasteiger partial charge in [-0.2, -0.15) is 0 Å². The second kappa shape index (κ2) is 5.67. The van der Waals surface area contributed by atoms with Crippen LogP contribution < -0.4 is 0 Å². The van der Waals surface area contributed by atoms with Crippen LogP contribution in [0, 0.1) is 5.92 Å². The highest BCUT2D eigenvalue weighted by Crippen LogP contribution is 2.39. The molecule has 1 aromatic carbocycles. The van der Waals surface area contributed by atoms with Crippen LogP contribution in [-0.4, -0.2) is 0 Å². The molecule has 1 unspecified atom stereocenters. The molecule has 3 aliphatic rings. The molecule has 1 aromatic rings. The summed E-state index contributed by atoms with van der Waals surface area (Å²) in [6.45, 7) is 0. The molecule has 0 heteroatoms. The van der Waals surface area contributed by atoms with E-state index in [9.17, 15) is 0 Å². The van der Waals surface area contributed by atoms with Crippen LogP contribution in [0.15, 0.2) is 53.6 Å². The summed E-state index contributed by atoms with van der Waals surface area (Å²) in [5, 5.41) is 0. The van der Waals surface area contributed by atoms with Crippen molar-refractivity contribution in [2.75, 3.05) is 0 Å². The second-order valence-corrected chi connectivity index (χ2v) is 6.78. The molecule has 4 rings (SSSR count). The Bertz CT molecular complexity index is 593. The normalized spacial score (nSPS) is 24.3. The third kappa shape index (κ3) is 2.64. The van der Waals surface area contributed by atoms with Crippen molar-refractivity contribution in [2.24, 2.45) is 5.92 Å². The van der Waals surface area contributed by atoms with Gasteiger partial charge in [-0.1, -0.05) is 55.0 Å². The maximum Gasteiger partial charge on any atom is 0.00275 e. The average Bonchev–Trinajstić information content (AvgIpc) is 3.03. The lowest BCUT2D eigenvalue weighted by molar-refractivity contribution is 0.618. The number of hydrogen-bond acceptors (Lipinski definition) is 0. The molecule has 0 aliphatic heterocycles. The summed E-state index contributed by atoms with van der Waals surface area (Å²) in [6.07, 6.45) is 19.3. The Morgan fingerprint density at radius 1 is 0.857 bits per heavy atom. The van der Waals surface area contributed by atoms with Gasteiger partial charge in [0, 0.05) is 5.92 Å². The van der Waals surface area contributed by atoms with Crippen molar-refractivity contribution >= 4 is 6.08 Å². The molecule has 1 fully saturated rings. The fraction of sp³-hybridized carbons (Fsp3) is 0.429. The minimum atomic E-state index is 0.642. The van der Waals surface area contributed by atoms with E-state index in [-0.39, 0.29) is 0 Å². The van der Waals surface area contributed by atoms with Gasteiger partial charge in [0.2, 0.25) is 0 Å². The van der Waals surface area contributed by atoms with Crippen LogP contribution in [0.4, 0.5) is 0 Å². The molecule has 108 valence electrons. The Morgan fingerprint density at radius 2 is 1.62 bits per heavy atom. The molecule has 1 atom stereocenters. The second-order valence-electron chi connectivity index (χ2n) is 6.78. The van der Waals surface area contributed by atoms with E-state index in [4.69, 9.17) is 0 Å². The Labute approximate surface area is 128 Å². The molecule has 1 saturated carbocycles. The van der Waals surface area contributed by atoms with E-state index in [0.717, 1.165) is 0 Å². The minimum absolute atomic E-state index is 0.642. The number of allylic oxidation sites excluding steroid dienone is 5. The van der Waals surface area contributed by atoms with Crippen molar-refractivity contribution in [3.8, 4) is 0 Å². The Balaban J connectivity index is 1.41. The van der Waals surface area contributed by atoms with Crippen LogP contribution in [0.25, 0.3) is 6.08 Å². The summed E-state index contributed by atoms with van der Waals surface area (Å²) >= 11 is 0. The molecular formula is C21H24. The van der Waals surface area contributed by atoms with Crippen molar-refractivity contribution in [3.05, 3.63) is 64.8 Å². The molecule has 0 bridgehead atoms. The molecule has 3 aliphatic carbocycles. The monoisotopic (exact) mass is 276 g/mol. The molecule has 0 spiro atoms. The largest absolute Gasteiger partial charge is 0.0764 e. The third-order valence-electron chi connectivity index (χ3n) is 5.35. The first-order valence-corrected chi connectivity index (χ1v) is 8.59. The van der Waals surface area contributed by atoms with E-state index < -0.39 is 0 Å². The summed E-state index contributed by atoms with van der Waals surface area (Å²) in [7, 11) is 0. The maximum absolute atomic E-state index is 2.57. The lowest BCUT2D eigenvalue weighted by Crippen LogP contribution is -1.97. The van der Waals surface area contributed by atoms with E-state index in [1.807, 2.05) is 0 Å². The van der Waals surface area contributed by atoms with Crippen molar-refractivity contribution in [3.63, 3.8) is 0 Å². The SMILES string of the molecule is C1=CC(CCC2C=C3CCCCCC3=C2)c2ccccc21. The summed E-state index contributed by atoms with van der Waals surface area (Å²) in [5.41, 5.74) is 6.32. The predicted molar refractivity (Wildman–Crippen MR) is 90.2 cm³/mol. The highest BCUT2D eigenvalue weighted by molar-refractivity contribution is 5.62. The summed E-state index contributed by atoms with van der Waals surface area (Å²) < 4.78 is 0. The Kier molecular flexibility index (Phi) is 3.55. The van der Waals surface area contributed by atoms with Crippen LogP contribution in [-0.2, 0) is 0 Å².